The molecule has 0 saturated carbocycles. The van der Waals surface area contributed by atoms with Crippen LogP contribution in [0.15, 0.2) is 184 Å². The number of nitrogens with zero attached hydrogens (tertiary/aromatic N) is 2. The van der Waals surface area contributed by atoms with Crippen LogP contribution in [0.1, 0.15) is 53.3 Å². The van der Waals surface area contributed by atoms with Crippen molar-refractivity contribution in [3.8, 4) is 11.1 Å². The summed E-state index contributed by atoms with van der Waals surface area (Å²) >= 11 is 0. The van der Waals surface area contributed by atoms with Gasteiger partial charge in [-0.05, 0) is 101 Å². The molecule has 0 fully saturated rings. The van der Waals surface area contributed by atoms with E-state index in [0.717, 1.165) is 90.4 Å². The first kappa shape index (κ1) is 32.4. The number of allylic oxidation sites excluding steroid dienone is 1. The highest BCUT2D eigenvalue weighted by molar-refractivity contribution is 6.14. The van der Waals surface area contributed by atoms with Crippen molar-refractivity contribution in [1.82, 2.24) is 10.6 Å². The van der Waals surface area contributed by atoms with Gasteiger partial charge in [-0.3, -0.25) is 5.32 Å². The minimum Gasteiger partial charge on any atom is -0.456 e. The summed E-state index contributed by atoms with van der Waals surface area (Å²) in [6.07, 6.45) is 6.67. The third-order valence-electron chi connectivity index (χ3n) is 12.2. The van der Waals surface area contributed by atoms with E-state index in [0.29, 0.717) is 12.0 Å². The summed E-state index contributed by atoms with van der Waals surface area (Å²) in [5.74, 6) is 1.23. The standard InChI is InChI=1S/C51H38N4O2/c1-3-12-31(13-4-1)49-52-50(32-14-5-2-6-15-32)54-51(53-49)35-24-27-45-39(30-35)38-28-33(22-25-44(38)56-45)34-23-26-46-40(29-34)48-43(20-11-21-47(48)57-46)55-41-18-9-7-16-36(41)37-17-8-10-19-42(37)55/h1-9,11-18,20-30,37,42,49-50,52H,10,19H2,(H,53,54). The van der Waals surface area contributed by atoms with Gasteiger partial charge in [0.2, 0.25) is 0 Å². The van der Waals surface area contributed by atoms with Gasteiger partial charge in [0.25, 0.3) is 0 Å². The molecule has 4 atom stereocenters. The number of hydrogen-bond acceptors (Lipinski definition) is 6. The summed E-state index contributed by atoms with van der Waals surface area (Å²) in [6, 6.07) is 56.2. The minimum atomic E-state index is -0.202. The zero-order valence-corrected chi connectivity index (χ0v) is 31.1. The molecule has 0 saturated heterocycles. The number of anilines is 2. The molecule has 0 bridgehead atoms. The molecule has 2 aromatic heterocycles. The molecule has 2 N–H and O–H groups in total. The second kappa shape index (κ2) is 12.8. The Morgan fingerprint density at radius 1 is 0.561 bits per heavy atom. The van der Waals surface area contributed by atoms with Gasteiger partial charge in [-0.1, -0.05) is 109 Å². The number of fused-ring (bicyclic) bond motifs is 9. The van der Waals surface area contributed by atoms with Crippen molar-refractivity contribution in [2.75, 3.05) is 4.90 Å². The van der Waals surface area contributed by atoms with E-state index in [1.807, 2.05) is 12.1 Å². The second-order valence-corrected chi connectivity index (χ2v) is 15.5. The molecule has 4 unspecified atom stereocenters. The smallest absolute Gasteiger partial charge is 0.137 e. The number of para-hydroxylation sites is 1. The molecule has 6 nitrogen and oxygen atoms in total. The van der Waals surface area contributed by atoms with E-state index in [-0.39, 0.29) is 12.3 Å². The van der Waals surface area contributed by atoms with Gasteiger partial charge in [-0.2, -0.15) is 0 Å². The van der Waals surface area contributed by atoms with Crippen LogP contribution in [0.2, 0.25) is 0 Å². The minimum absolute atomic E-state index is 0.108. The third-order valence-corrected chi connectivity index (χ3v) is 12.2. The Balaban J connectivity index is 0.955. The zero-order valence-electron chi connectivity index (χ0n) is 31.1. The van der Waals surface area contributed by atoms with Crippen LogP contribution in [0.4, 0.5) is 11.4 Å². The molecule has 9 aromatic rings. The Hall–Kier alpha value is -6.89. The van der Waals surface area contributed by atoms with Gasteiger partial charge in [-0.15, -0.1) is 0 Å². The molecule has 57 heavy (non-hydrogen) atoms. The highest BCUT2D eigenvalue weighted by Crippen LogP contribution is 2.51. The molecule has 2 aliphatic heterocycles. The summed E-state index contributed by atoms with van der Waals surface area (Å²) in [5.41, 5.74) is 13.0. The maximum Gasteiger partial charge on any atom is 0.137 e. The molecule has 0 spiro atoms. The summed E-state index contributed by atoms with van der Waals surface area (Å²) in [7, 11) is 0. The van der Waals surface area contributed by atoms with Crippen LogP contribution in [0.5, 0.6) is 0 Å². The Morgan fingerprint density at radius 2 is 1.19 bits per heavy atom. The van der Waals surface area contributed by atoms with E-state index < -0.39 is 0 Å². The largest absolute Gasteiger partial charge is 0.456 e. The molecule has 12 rings (SSSR count). The number of rotatable bonds is 5. The SMILES string of the molecule is C1=CC2c3ccccc3N(c3cccc4oc5ccc(-c6ccc7oc8ccc(C9=NC(c%10ccccc%10)NC(c%10ccccc%10)N9)cc8c7c6)cc5c34)C2CC1. The van der Waals surface area contributed by atoms with Crippen molar-refractivity contribution in [1.29, 1.82) is 0 Å². The van der Waals surface area contributed by atoms with E-state index in [9.17, 15) is 0 Å². The Bertz CT molecular complexity index is 3070. The van der Waals surface area contributed by atoms with Gasteiger partial charge in [0.1, 0.15) is 40.5 Å². The third kappa shape index (κ3) is 5.25. The highest BCUT2D eigenvalue weighted by Gasteiger charge is 2.39. The van der Waals surface area contributed by atoms with E-state index in [2.05, 4.69) is 173 Å². The fourth-order valence-corrected chi connectivity index (χ4v) is 9.52. The van der Waals surface area contributed by atoms with Crippen LogP contribution in [0.3, 0.4) is 0 Å². The summed E-state index contributed by atoms with van der Waals surface area (Å²) in [4.78, 5) is 7.79. The van der Waals surface area contributed by atoms with E-state index in [4.69, 9.17) is 13.8 Å². The van der Waals surface area contributed by atoms with Crippen molar-refractivity contribution in [2.45, 2.75) is 37.1 Å². The summed E-state index contributed by atoms with van der Waals surface area (Å²) in [6.45, 7) is 0. The van der Waals surface area contributed by atoms with E-state index in [1.54, 1.807) is 0 Å². The number of furan rings is 2. The Morgan fingerprint density at radius 3 is 1.98 bits per heavy atom. The molecule has 6 heteroatoms. The first-order valence-electron chi connectivity index (χ1n) is 19.9. The van der Waals surface area contributed by atoms with Gasteiger partial charge >= 0.3 is 0 Å². The fraction of sp³-hybridized carbons (Fsp3) is 0.118. The van der Waals surface area contributed by atoms with Gasteiger partial charge in [0.05, 0.1) is 11.1 Å². The Labute approximate surface area is 329 Å². The van der Waals surface area contributed by atoms with E-state index >= 15 is 0 Å². The van der Waals surface area contributed by atoms with Crippen LogP contribution in [0.25, 0.3) is 55.0 Å². The first-order valence-corrected chi connectivity index (χ1v) is 19.9. The van der Waals surface area contributed by atoms with Gasteiger partial charge in [0, 0.05) is 39.4 Å². The topological polar surface area (TPSA) is 65.9 Å². The van der Waals surface area contributed by atoms with Crippen molar-refractivity contribution in [2.24, 2.45) is 4.99 Å². The van der Waals surface area contributed by atoms with Crippen molar-refractivity contribution in [3.63, 3.8) is 0 Å². The first-order chi connectivity index (χ1) is 28.2. The maximum absolute atomic E-state index is 6.55. The van der Waals surface area contributed by atoms with Gasteiger partial charge in [-0.25, -0.2) is 4.99 Å². The molecule has 4 heterocycles. The highest BCUT2D eigenvalue weighted by atomic mass is 16.3. The van der Waals surface area contributed by atoms with Gasteiger partial charge < -0.3 is 19.1 Å². The lowest BCUT2D eigenvalue weighted by Crippen LogP contribution is -2.44. The lowest BCUT2D eigenvalue weighted by atomic mass is 9.87. The molecular weight excluding hydrogens is 701 g/mol. The van der Waals surface area contributed by atoms with Crippen LogP contribution in [-0.2, 0) is 0 Å². The maximum atomic E-state index is 6.55. The van der Waals surface area contributed by atoms with Crippen molar-refractivity contribution in [3.05, 3.63) is 192 Å². The molecule has 7 aromatic carbocycles. The Kier molecular flexibility index (Phi) is 7.29. The van der Waals surface area contributed by atoms with Gasteiger partial charge in [0.15, 0.2) is 0 Å². The lowest BCUT2D eigenvalue weighted by Gasteiger charge is -2.32. The molecule has 274 valence electrons. The van der Waals surface area contributed by atoms with Crippen LogP contribution in [-0.4, -0.2) is 11.9 Å². The monoisotopic (exact) mass is 738 g/mol. The second-order valence-electron chi connectivity index (χ2n) is 15.5. The van der Waals surface area contributed by atoms with Crippen LogP contribution in [0, 0.1) is 0 Å². The van der Waals surface area contributed by atoms with Crippen LogP contribution < -0.4 is 15.5 Å². The average molecular weight is 739 g/mol. The van der Waals surface area contributed by atoms with Crippen LogP contribution >= 0.6 is 0 Å². The fourth-order valence-electron chi connectivity index (χ4n) is 9.52. The predicted molar refractivity (Wildman–Crippen MR) is 231 cm³/mol. The number of nitrogens with one attached hydrogen (secondary N) is 2. The van der Waals surface area contributed by atoms with E-state index in [1.165, 1.54) is 16.9 Å². The van der Waals surface area contributed by atoms with Crippen molar-refractivity contribution >= 4 is 61.1 Å². The average Bonchev–Trinajstić information content (AvgIpc) is 3.95. The number of hydrogen-bond donors (Lipinski definition) is 2. The predicted octanol–water partition coefficient (Wildman–Crippen LogP) is 12.4. The summed E-state index contributed by atoms with van der Waals surface area (Å²) < 4.78 is 13.0. The van der Waals surface area contributed by atoms with Crippen molar-refractivity contribution < 1.29 is 8.83 Å². The quantitative estimate of drug-likeness (QED) is 0.172. The zero-order chi connectivity index (χ0) is 37.5. The molecular formula is C51H38N4O2. The number of amidine groups is 1. The number of aliphatic imine (C=N–C) groups is 1. The molecule has 0 radical (unpaired) electrons. The molecule has 1 aliphatic carbocycles. The summed E-state index contributed by atoms with van der Waals surface area (Å²) in [5, 5.41) is 11.8. The normalized spacial score (nSPS) is 20.2. The molecule has 3 aliphatic rings. The number of benzene rings is 7. The lowest BCUT2D eigenvalue weighted by molar-refractivity contribution is 0.409. The molecule has 0 amide bonds.